The molecule has 0 radical (unpaired) electrons. The van der Waals surface area contributed by atoms with E-state index < -0.39 is 6.10 Å². The van der Waals surface area contributed by atoms with E-state index in [0.717, 1.165) is 6.42 Å². The van der Waals surface area contributed by atoms with Crippen LogP contribution in [0.3, 0.4) is 0 Å². The van der Waals surface area contributed by atoms with Crippen LogP contribution in [-0.2, 0) is 9.53 Å². The predicted octanol–water partition coefficient (Wildman–Crippen LogP) is 1.12. The van der Waals surface area contributed by atoms with Gasteiger partial charge in [0, 0.05) is 0 Å². The number of cyclic esters (lactones) is 1. The molecule has 0 aromatic rings. The van der Waals surface area contributed by atoms with Crippen LogP contribution in [0, 0.1) is 23.7 Å². The van der Waals surface area contributed by atoms with Crippen molar-refractivity contribution in [2.75, 3.05) is 6.61 Å². The fourth-order valence-electron chi connectivity index (χ4n) is 3.34. The van der Waals surface area contributed by atoms with Gasteiger partial charge < -0.3 is 9.84 Å². The first-order valence-electron chi connectivity index (χ1n) is 5.79. The number of allylic oxidation sites excluding steroid dienone is 2. The SMILES string of the molecule is O=C1OCCC1C(O)C1CC2C=CC1C2. The van der Waals surface area contributed by atoms with E-state index in [9.17, 15) is 9.90 Å². The highest BCUT2D eigenvalue weighted by Crippen LogP contribution is 2.46. The molecule has 0 aromatic carbocycles. The largest absolute Gasteiger partial charge is 0.465 e. The maximum Gasteiger partial charge on any atom is 0.311 e. The molecular formula is C12H16O3. The topological polar surface area (TPSA) is 46.5 Å². The predicted molar refractivity (Wildman–Crippen MR) is 53.9 cm³/mol. The lowest BCUT2D eigenvalue weighted by Crippen LogP contribution is -2.34. The van der Waals surface area contributed by atoms with Gasteiger partial charge in [-0.05, 0) is 37.0 Å². The standard InChI is InChI=1S/C12H16O3/c13-11(9-3-4-15-12(9)14)10-6-7-1-2-8(10)5-7/h1-2,7-11,13H,3-6H2. The Hall–Kier alpha value is -0.830. The second-order valence-electron chi connectivity index (χ2n) is 5.00. The highest BCUT2D eigenvalue weighted by molar-refractivity contribution is 5.74. The van der Waals surface area contributed by atoms with Gasteiger partial charge in [0.1, 0.15) is 0 Å². The van der Waals surface area contributed by atoms with Crippen molar-refractivity contribution in [2.24, 2.45) is 23.7 Å². The zero-order valence-electron chi connectivity index (χ0n) is 8.63. The normalized spacial score (nSPS) is 44.7. The average Bonchev–Trinajstić information content (AvgIpc) is 2.91. The molecule has 5 atom stereocenters. The van der Waals surface area contributed by atoms with Crippen LogP contribution in [0.15, 0.2) is 12.2 Å². The summed E-state index contributed by atoms with van der Waals surface area (Å²) in [6.07, 6.45) is 6.89. The van der Waals surface area contributed by atoms with E-state index in [1.54, 1.807) is 0 Å². The summed E-state index contributed by atoms with van der Waals surface area (Å²) in [5, 5.41) is 10.2. The Labute approximate surface area is 89.1 Å². The van der Waals surface area contributed by atoms with Gasteiger partial charge in [0.2, 0.25) is 0 Å². The van der Waals surface area contributed by atoms with Crippen molar-refractivity contribution >= 4 is 5.97 Å². The lowest BCUT2D eigenvalue weighted by atomic mass is 9.82. The van der Waals surface area contributed by atoms with Gasteiger partial charge >= 0.3 is 5.97 Å². The second-order valence-corrected chi connectivity index (χ2v) is 5.00. The van der Waals surface area contributed by atoms with Gasteiger partial charge in [0.15, 0.2) is 0 Å². The first-order chi connectivity index (χ1) is 7.25. The van der Waals surface area contributed by atoms with E-state index in [-0.39, 0.29) is 17.8 Å². The molecule has 0 amide bonds. The molecule has 3 rings (SSSR count). The lowest BCUT2D eigenvalue weighted by molar-refractivity contribution is -0.145. The molecule has 1 aliphatic heterocycles. The van der Waals surface area contributed by atoms with Crippen LogP contribution in [0.4, 0.5) is 0 Å². The molecule has 82 valence electrons. The van der Waals surface area contributed by atoms with E-state index in [0.29, 0.717) is 24.9 Å². The van der Waals surface area contributed by atoms with Crippen molar-refractivity contribution in [1.29, 1.82) is 0 Å². The van der Waals surface area contributed by atoms with Crippen molar-refractivity contribution in [1.82, 2.24) is 0 Å². The highest BCUT2D eigenvalue weighted by atomic mass is 16.5. The molecule has 2 fully saturated rings. The van der Waals surface area contributed by atoms with Crippen molar-refractivity contribution < 1.29 is 14.6 Å². The number of rotatable bonds is 2. The summed E-state index contributed by atoms with van der Waals surface area (Å²) < 4.78 is 4.91. The number of ether oxygens (including phenoxy) is 1. The summed E-state index contributed by atoms with van der Waals surface area (Å²) >= 11 is 0. The molecule has 1 heterocycles. The van der Waals surface area contributed by atoms with Crippen LogP contribution in [0.25, 0.3) is 0 Å². The summed E-state index contributed by atoms with van der Waals surface area (Å²) in [6.45, 7) is 0.483. The van der Waals surface area contributed by atoms with Crippen molar-refractivity contribution in [2.45, 2.75) is 25.4 Å². The molecule has 5 unspecified atom stereocenters. The molecule has 1 N–H and O–H groups in total. The average molecular weight is 208 g/mol. The van der Waals surface area contributed by atoms with Crippen LogP contribution in [-0.4, -0.2) is 23.8 Å². The molecule has 2 bridgehead atoms. The van der Waals surface area contributed by atoms with E-state index in [1.165, 1.54) is 6.42 Å². The van der Waals surface area contributed by atoms with Gasteiger partial charge in [0.05, 0.1) is 18.6 Å². The number of hydrogen-bond acceptors (Lipinski definition) is 3. The van der Waals surface area contributed by atoms with Gasteiger partial charge in [0.25, 0.3) is 0 Å². The summed E-state index contributed by atoms with van der Waals surface area (Å²) in [6, 6.07) is 0. The van der Waals surface area contributed by atoms with Gasteiger partial charge in [-0.15, -0.1) is 0 Å². The molecule has 0 spiro atoms. The van der Waals surface area contributed by atoms with Crippen LogP contribution in [0.2, 0.25) is 0 Å². The molecule has 0 aromatic heterocycles. The zero-order valence-corrected chi connectivity index (χ0v) is 8.63. The maximum absolute atomic E-state index is 11.4. The number of aliphatic hydroxyl groups excluding tert-OH is 1. The Balaban J connectivity index is 1.72. The molecule has 15 heavy (non-hydrogen) atoms. The summed E-state index contributed by atoms with van der Waals surface area (Å²) in [5.41, 5.74) is 0. The number of carbonyl (C=O) groups excluding carboxylic acids is 1. The third kappa shape index (κ3) is 1.41. The fourth-order valence-corrected chi connectivity index (χ4v) is 3.34. The highest BCUT2D eigenvalue weighted by Gasteiger charge is 2.45. The van der Waals surface area contributed by atoms with Crippen LogP contribution in [0.1, 0.15) is 19.3 Å². The van der Waals surface area contributed by atoms with Gasteiger partial charge in [-0.2, -0.15) is 0 Å². The second kappa shape index (κ2) is 3.34. The van der Waals surface area contributed by atoms with Crippen LogP contribution < -0.4 is 0 Å². The Morgan fingerprint density at radius 2 is 2.27 bits per heavy atom. The number of hydrogen-bond donors (Lipinski definition) is 1. The molecule has 3 heteroatoms. The summed E-state index contributed by atoms with van der Waals surface area (Å²) in [7, 11) is 0. The minimum absolute atomic E-state index is 0.200. The molecule has 3 aliphatic rings. The molecular weight excluding hydrogens is 192 g/mol. The number of esters is 1. The number of carbonyl (C=O) groups is 1. The Kier molecular flexibility index (Phi) is 2.09. The minimum atomic E-state index is -0.486. The maximum atomic E-state index is 11.4. The smallest absolute Gasteiger partial charge is 0.311 e. The third-order valence-electron chi connectivity index (χ3n) is 4.16. The molecule has 1 saturated heterocycles. The Morgan fingerprint density at radius 3 is 2.80 bits per heavy atom. The summed E-state index contributed by atoms with van der Waals surface area (Å²) in [4.78, 5) is 11.4. The fraction of sp³-hybridized carbons (Fsp3) is 0.750. The number of fused-ring (bicyclic) bond motifs is 2. The number of aliphatic hydroxyl groups is 1. The monoisotopic (exact) mass is 208 g/mol. The van der Waals surface area contributed by atoms with Crippen LogP contribution >= 0.6 is 0 Å². The summed E-state index contributed by atoms with van der Waals surface area (Å²) in [5.74, 6) is 0.970. The quantitative estimate of drug-likeness (QED) is 0.546. The van der Waals surface area contributed by atoms with Crippen molar-refractivity contribution in [3.63, 3.8) is 0 Å². The van der Waals surface area contributed by atoms with Crippen molar-refractivity contribution in [3.05, 3.63) is 12.2 Å². The lowest BCUT2D eigenvalue weighted by Gasteiger charge is -2.26. The van der Waals surface area contributed by atoms with Gasteiger partial charge in [-0.3, -0.25) is 4.79 Å². The first kappa shape index (κ1) is 9.40. The Morgan fingerprint density at radius 1 is 1.40 bits per heavy atom. The zero-order chi connectivity index (χ0) is 10.4. The van der Waals surface area contributed by atoms with Crippen LogP contribution in [0.5, 0.6) is 0 Å². The van der Waals surface area contributed by atoms with Crippen molar-refractivity contribution in [3.8, 4) is 0 Å². The third-order valence-corrected chi connectivity index (χ3v) is 4.16. The van der Waals surface area contributed by atoms with E-state index >= 15 is 0 Å². The van der Waals surface area contributed by atoms with E-state index in [2.05, 4.69) is 12.2 Å². The van der Waals surface area contributed by atoms with E-state index in [4.69, 9.17) is 4.74 Å². The molecule has 1 saturated carbocycles. The first-order valence-corrected chi connectivity index (χ1v) is 5.79. The minimum Gasteiger partial charge on any atom is -0.465 e. The van der Waals surface area contributed by atoms with Gasteiger partial charge in [-0.25, -0.2) is 0 Å². The van der Waals surface area contributed by atoms with E-state index in [1.807, 2.05) is 0 Å². The Bertz CT molecular complexity index is 310. The van der Waals surface area contributed by atoms with Gasteiger partial charge in [-0.1, -0.05) is 12.2 Å². The molecule has 2 aliphatic carbocycles. The molecule has 3 nitrogen and oxygen atoms in total.